The number of hydrogen-bond acceptors (Lipinski definition) is 3. The lowest BCUT2D eigenvalue weighted by molar-refractivity contribution is -0.0116. The number of aromatic nitrogens is 2. The third-order valence-corrected chi connectivity index (χ3v) is 3.97. The molecular formula is C14H25N3O. The fourth-order valence-electron chi connectivity index (χ4n) is 2.95. The third-order valence-electron chi connectivity index (χ3n) is 3.97. The monoisotopic (exact) mass is 251 g/mol. The minimum atomic E-state index is -0.484. The zero-order valence-electron chi connectivity index (χ0n) is 11.5. The molecule has 102 valence electrons. The van der Waals surface area contributed by atoms with E-state index in [4.69, 9.17) is 0 Å². The van der Waals surface area contributed by atoms with Crippen LogP contribution in [0.5, 0.6) is 0 Å². The molecule has 1 heterocycles. The summed E-state index contributed by atoms with van der Waals surface area (Å²) in [5.74, 6) is 1.70. The fourth-order valence-corrected chi connectivity index (χ4v) is 2.95. The lowest BCUT2D eigenvalue weighted by Gasteiger charge is -2.35. The van der Waals surface area contributed by atoms with Gasteiger partial charge in [-0.25, -0.2) is 4.98 Å². The first-order valence-corrected chi connectivity index (χ1v) is 7.00. The quantitative estimate of drug-likeness (QED) is 0.784. The van der Waals surface area contributed by atoms with Crippen molar-refractivity contribution in [2.75, 3.05) is 13.1 Å². The van der Waals surface area contributed by atoms with Crippen molar-refractivity contribution in [2.24, 2.45) is 5.92 Å². The maximum absolute atomic E-state index is 10.5. The van der Waals surface area contributed by atoms with Gasteiger partial charge < -0.3 is 15.0 Å². The Balaban J connectivity index is 1.70. The van der Waals surface area contributed by atoms with Gasteiger partial charge in [0.25, 0.3) is 0 Å². The van der Waals surface area contributed by atoms with E-state index >= 15 is 0 Å². The number of aliphatic hydroxyl groups is 1. The fraction of sp³-hybridized carbons (Fsp3) is 0.786. The molecule has 0 radical (unpaired) electrons. The summed E-state index contributed by atoms with van der Waals surface area (Å²) in [7, 11) is 0. The predicted octanol–water partition coefficient (Wildman–Crippen LogP) is 1.72. The molecule has 0 bridgehead atoms. The van der Waals surface area contributed by atoms with Crippen LogP contribution in [-0.2, 0) is 6.54 Å². The highest BCUT2D eigenvalue weighted by Crippen LogP contribution is 2.31. The van der Waals surface area contributed by atoms with Gasteiger partial charge in [0.05, 0.1) is 5.60 Å². The molecule has 0 aliphatic heterocycles. The van der Waals surface area contributed by atoms with Crippen LogP contribution >= 0.6 is 0 Å². The van der Waals surface area contributed by atoms with Crippen LogP contribution in [-0.4, -0.2) is 33.3 Å². The third kappa shape index (κ3) is 3.56. The maximum atomic E-state index is 10.5. The van der Waals surface area contributed by atoms with E-state index in [0.717, 1.165) is 38.2 Å². The zero-order chi connectivity index (χ0) is 13.0. The van der Waals surface area contributed by atoms with Gasteiger partial charge in [-0.3, -0.25) is 0 Å². The molecule has 18 heavy (non-hydrogen) atoms. The molecule has 1 aliphatic rings. The minimum absolute atomic E-state index is 0.484. The smallest absolute Gasteiger partial charge is 0.105 e. The lowest BCUT2D eigenvalue weighted by atomic mass is 9.79. The van der Waals surface area contributed by atoms with Crippen LogP contribution in [0.4, 0.5) is 0 Å². The Morgan fingerprint density at radius 3 is 3.11 bits per heavy atom. The summed E-state index contributed by atoms with van der Waals surface area (Å²) in [6.45, 7) is 6.76. The number of aryl methyl sites for hydroxylation is 1. The molecule has 4 heteroatoms. The molecule has 4 nitrogen and oxygen atoms in total. The normalized spacial score (nSPS) is 28.5. The van der Waals surface area contributed by atoms with Gasteiger partial charge in [-0.05, 0) is 25.7 Å². The van der Waals surface area contributed by atoms with Crippen molar-refractivity contribution in [1.82, 2.24) is 14.9 Å². The van der Waals surface area contributed by atoms with E-state index < -0.39 is 5.60 Å². The average Bonchev–Trinajstić information content (AvgIpc) is 2.70. The topological polar surface area (TPSA) is 50.1 Å². The van der Waals surface area contributed by atoms with Crippen molar-refractivity contribution in [3.63, 3.8) is 0 Å². The maximum Gasteiger partial charge on any atom is 0.105 e. The summed E-state index contributed by atoms with van der Waals surface area (Å²) in [6, 6.07) is 0. The molecule has 1 aromatic rings. The molecule has 1 aromatic heterocycles. The second-order valence-corrected chi connectivity index (χ2v) is 5.77. The molecule has 1 fully saturated rings. The van der Waals surface area contributed by atoms with Crippen LogP contribution in [0.2, 0.25) is 0 Å². The summed E-state index contributed by atoms with van der Waals surface area (Å²) in [4.78, 5) is 4.19. The van der Waals surface area contributed by atoms with E-state index in [1.165, 1.54) is 6.42 Å². The van der Waals surface area contributed by atoms with Crippen molar-refractivity contribution in [3.05, 3.63) is 18.2 Å². The molecule has 2 rings (SSSR count). The molecule has 1 saturated carbocycles. The highest BCUT2D eigenvalue weighted by atomic mass is 16.3. The standard InChI is InChI=1S/C14H25N3O/c1-12-4-3-5-14(18,10-12)11-15-6-8-17-9-7-16-13(17)2/h7,9,12,15,18H,3-6,8,10-11H2,1-2H3. The van der Waals surface area contributed by atoms with E-state index in [1.54, 1.807) is 0 Å². The first kappa shape index (κ1) is 13.6. The molecule has 1 aliphatic carbocycles. The van der Waals surface area contributed by atoms with Gasteiger partial charge in [0.2, 0.25) is 0 Å². The summed E-state index contributed by atoms with van der Waals surface area (Å²) in [5, 5.41) is 13.9. The SMILES string of the molecule is Cc1nccn1CCNCC1(O)CCCC(C)C1. The number of imidazole rings is 1. The number of nitrogens with zero attached hydrogens (tertiary/aromatic N) is 2. The van der Waals surface area contributed by atoms with E-state index in [9.17, 15) is 5.11 Å². The summed E-state index contributed by atoms with van der Waals surface area (Å²) in [6.07, 6.45) is 8.11. The average molecular weight is 251 g/mol. The highest BCUT2D eigenvalue weighted by Gasteiger charge is 2.31. The van der Waals surface area contributed by atoms with Crippen LogP contribution in [0.1, 0.15) is 38.4 Å². The van der Waals surface area contributed by atoms with Crippen molar-refractivity contribution in [3.8, 4) is 0 Å². The van der Waals surface area contributed by atoms with Crippen LogP contribution in [0, 0.1) is 12.8 Å². The predicted molar refractivity (Wildman–Crippen MR) is 72.4 cm³/mol. The van der Waals surface area contributed by atoms with Gasteiger partial charge in [-0.1, -0.05) is 19.8 Å². The molecule has 2 atom stereocenters. The Hall–Kier alpha value is -0.870. The van der Waals surface area contributed by atoms with Gasteiger partial charge in [0.15, 0.2) is 0 Å². The zero-order valence-corrected chi connectivity index (χ0v) is 11.5. The van der Waals surface area contributed by atoms with Gasteiger partial charge >= 0.3 is 0 Å². The Morgan fingerprint density at radius 2 is 2.44 bits per heavy atom. The largest absolute Gasteiger partial charge is 0.389 e. The molecule has 2 unspecified atom stereocenters. The number of rotatable bonds is 5. The Bertz CT molecular complexity index is 377. The van der Waals surface area contributed by atoms with Crippen molar-refractivity contribution in [1.29, 1.82) is 0 Å². The summed E-state index contributed by atoms with van der Waals surface area (Å²) in [5.41, 5.74) is -0.484. The molecular weight excluding hydrogens is 226 g/mol. The first-order valence-electron chi connectivity index (χ1n) is 7.00. The number of nitrogens with one attached hydrogen (secondary N) is 1. The highest BCUT2D eigenvalue weighted by molar-refractivity contribution is 4.89. The van der Waals surface area contributed by atoms with Gasteiger partial charge in [0.1, 0.15) is 5.82 Å². The summed E-state index contributed by atoms with van der Waals surface area (Å²) >= 11 is 0. The molecule has 0 aromatic carbocycles. The van der Waals surface area contributed by atoms with Gasteiger partial charge in [-0.15, -0.1) is 0 Å². The van der Waals surface area contributed by atoms with Crippen molar-refractivity contribution < 1.29 is 5.11 Å². The van der Waals surface area contributed by atoms with Crippen molar-refractivity contribution in [2.45, 2.75) is 51.7 Å². The Kier molecular flexibility index (Phi) is 4.40. The Labute approximate surface area is 109 Å². The van der Waals surface area contributed by atoms with E-state index in [2.05, 4.69) is 21.8 Å². The lowest BCUT2D eigenvalue weighted by Crippen LogP contribution is -2.44. The van der Waals surface area contributed by atoms with E-state index in [-0.39, 0.29) is 0 Å². The number of hydrogen-bond donors (Lipinski definition) is 2. The van der Waals surface area contributed by atoms with E-state index in [1.807, 2.05) is 19.3 Å². The van der Waals surface area contributed by atoms with Crippen LogP contribution in [0.3, 0.4) is 0 Å². The molecule has 0 spiro atoms. The first-order chi connectivity index (χ1) is 8.59. The minimum Gasteiger partial charge on any atom is -0.389 e. The van der Waals surface area contributed by atoms with Crippen LogP contribution < -0.4 is 5.32 Å². The van der Waals surface area contributed by atoms with Gasteiger partial charge in [0, 0.05) is 32.0 Å². The second-order valence-electron chi connectivity index (χ2n) is 5.77. The second kappa shape index (κ2) is 5.85. The van der Waals surface area contributed by atoms with Crippen molar-refractivity contribution >= 4 is 0 Å². The molecule has 0 saturated heterocycles. The molecule has 0 amide bonds. The molecule has 2 N–H and O–H groups in total. The van der Waals surface area contributed by atoms with Crippen LogP contribution in [0.25, 0.3) is 0 Å². The summed E-state index contributed by atoms with van der Waals surface area (Å²) < 4.78 is 2.13. The Morgan fingerprint density at radius 1 is 1.61 bits per heavy atom. The van der Waals surface area contributed by atoms with Crippen LogP contribution in [0.15, 0.2) is 12.4 Å². The van der Waals surface area contributed by atoms with E-state index in [0.29, 0.717) is 12.5 Å². The van der Waals surface area contributed by atoms with Gasteiger partial charge in [-0.2, -0.15) is 0 Å².